The quantitative estimate of drug-likeness (QED) is 0.622. The minimum absolute atomic E-state index is 0.117. The second-order valence-corrected chi connectivity index (χ2v) is 4.80. The van der Waals surface area contributed by atoms with E-state index in [9.17, 15) is 10.1 Å². The van der Waals surface area contributed by atoms with Crippen molar-refractivity contribution < 1.29 is 9.66 Å². The number of ether oxygens (including phenoxy) is 1. The van der Waals surface area contributed by atoms with Crippen LogP contribution in [-0.4, -0.2) is 31.2 Å². The summed E-state index contributed by atoms with van der Waals surface area (Å²) in [5.74, 6) is 0. The molecular weight excluding hydrogens is 288 g/mol. The molecule has 0 bridgehead atoms. The van der Waals surface area contributed by atoms with Crippen LogP contribution in [0.2, 0.25) is 0 Å². The maximum absolute atomic E-state index is 10.7. The summed E-state index contributed by atoms with van der Waals surface area (Å²) in [7, 11) is 0. The Bertz CT molecular complexity index is 421. The molecule has 0 spiro atoms. The Labute approximate surface area is 108 Å². The van der Waals surface area contributed by atoms with E-state index < -0.39 is 0 Å². The van der Waals surface area contributed by atoms with Crippen LogP contribution < -0.4 is 4.90 Å². The summed E-state index contributed by atoms with van der Waals surface area (Å²) < 4.78 is 6.07. The summed E-state index contributed by atoms with van der Waals surface area (Å²) in [6.07, 6.45) is 0. The second kappa shape index (κ2) is 5.01. The van der Waals surface area contributed by atoms with Crippen molar-refractivity contribution in [2.75, 3.05) is 31.2 Å². The van der Waals surface area contributed by atoms with Gasteiger partial charge in [0.25, 0.3) is 5.69 Å². The number of benzene rings is 1. The van der Waals surface area contributed by atoms with E-state index in [4.69, 9.17) is 4.74 Å². The highest BCUT2D eigenvalue weighted by molar-refractivity contribution is 9.10. The first-order valence-corrected chi connectivity index (χ1v) is 6.16. The Hall–Kier alpha value is -1.14. The van der Waals surface area contributed by atoms with E-state index in [1.807, 2.05) is 6.92 Å². The molecule has 1 heterocycles. The van der Waals surface area contributed by atoms with Crippen molar-refractivity contribution >= 4 is 27.3 Å². The average Bonchev–Trinajstić information content (AvgIpc) is 2.29. The Morgan fingerprint density at radius 1 is 1.41 bits per heavy atom. The van der Waals surface area contributed by atoms with Crippen molar-refractivity contribution in [3.05, 3.63) is 32.3 Å². The van der Waals surface area contributed by atoms with Crippen molar-refractivity contribution in [1.29, 1.82) is 0 Å². The van der Waals surface area contributed by atoms with Crippen LogP contribution in [0.1, 0.15) is 5.56 Å². The molecule has 92 valence electrons. The Morgan fingerprint density at radius 2 is 2.06 bits per heavy atom. The van der Waals surface area contributed by atoms with Gasteiger partial charge in [-0.1, -0.05) is 0 Å². The number of non-ortho nitro benzene ring substituents is 1. The van der Waals surface area contributed by atoms with E-state index in [2.05, 4.69) is 20.8 Å². The van der Waals surface area contributed by atoms with E-state index >= 15 is 0 Å². The predicted octanol–water partition coefficient (Wildman–Crippen LogP) is 2.50. The third-order valence-corrected chi connectivity index (χ3v) is 3.38. The summed E-state index contributed by atoms with van der Waals surface area (Å²) in [6, 6.07) is 3.16. The number of hydrogen-bond acceptors (Lipinski definition) is 4. The molecule has 0 N–H and O–H groups in total. The van der Waals surface area contributed by atoms with Crippen LogP contribution in [0.15, 0.2) is 16.6 Å². The fourth-order valence-corrected chi connectivity index (χ4v) is 2.81. The average molecular weight is 301 g/mol. The first-order valence-electron chi connectivity index (χ1n) is 5.37. The lowest BCUT2D eigenvalue weighted by Gasteiger charge is -2.30. The number of nitro benzene ring substituents is 1. The zero-order chi connectivity index (χ0) is 12.4. The Kier molecular flexibility index (Phi) is 3.63. The van der Waals surface area contributed by atoms with Crippen molar-refractivity contribution in [3.63, 3.8) is 0 Å². The Morgan fingerprint density at radius 3 is 2.59 bits per heavy atom. The molecule has 0 radical (unpaired) electrons. The Balaban J connectivity index is 2.37. The molecule has 1 aromatic rings. The van der Waals surface area contributed by atoms with Gasteiger partial charge in [-0.2, -0.15) is 0 Å². The van der Waals surface area contributed by atoms with Gasteiger partial charge >= 0.3 is 0 Å². The fourth-order valence-electron chi connectivity index (χ4n) is 2.01. The SMILES string of the molecule is Cc1cc([N+](=O)[O-])cc(Br)c1N1CCOCC1. The smallest absolute Gasteiger partial charge is 0.270 e. The van der Waals surface area contributed by atoms with Gasteiger partial charge in [0.1, 0.15) is 0 Å². The second-order valence-electron chi connectivity index (χ2n) is 3.95. The van der Waals surface area contributed by atoms with Crippen LogP contribution in [0.5, 0.6) is 0 Å². The number of aryl methyl sites for hydroxylation is 1. The number of nitro groups is 1. The maximum Gasteiger partial charge on any atom is 0.270 e. The molecule has 0 saturated carbocycles. The molecule has 1 aliphatic rings. The van der Waals surface area contributed by atoms with Gasteiger partial charge in [0.2, 0.25) is 0 Å². The lowest BCUT2D eigenvalue weighted by molar-refractivity contribution is -0.385. The van der Waals surface area contributed by atoms with Gasteiger partial charge in [-0.05, 0) is 28.4 Å². The van der Waals surface area contributed by atoms with E-state index in [1.165, 1.54) is 0 Å². The number of nitrogens with zero attached hydrogens (tertiary/aromatic N) is 2. The van der Waals surface area contributed by atoms with E-state index in [0.29, 0.717) is 13.2 Å². The van der Waals surface area contributed by atoms with E-state index in [1.54, 1.807) is 12.1 Å². The van der Waals surface area contributed by atoms with E-state index in [0.717, 1.165) is 28.8 Å². The molecule has 5 nitrogen and oxygen atoms in total. The predicted molar refractivity (Wildman–Crippen MR) is 68.6 cm³/mol. The monoisotopic (exact) mass is 300 g/mol. The summed E-state index contributed by atoms with van der Waals surface area (Å²) >= 11 is 3.41. The van der Waals surface area contributed by atoms with Gasteiger partial charge in [0, 0.05) is 29.7 Å². The van der Waals surface area contributed by atoms with Crippen molar-refractivity contribution in [2.24, 2.45) is 0 Å². The molecule has 0 aliphatic carbocycles. The molecule has 17 heavy (non-hydrogen) atoms. The molecule has 1 aromatic carbocycles. The van der Waals surface area contributed by atoms with Crippen LogP contribution in [0.25, 0.3) is 0 Å². The number of anilines is 1. The molecule has 1 aliphatic heterocycles. The normalized spacial score (nSPS) is 16.0. The number of halogens is 1. The molecular formula is C11H13BrN2O3. The zero-order valence-corrected chi connectivity index (χ0v) is 11.1. The third-order valence-electron chi connectivity index (χ3n) is 2.78. The topological polar surface area (TPSA) is 55.6 Å². The molecule has 1 saturated heterocycles. The minimum Gasteiger partial charge on any atom is -0.378 e. The highest BCUT2D eigenvalue weighted by Crippen LogP contribution is 2.34. The van der Waals surface area contributed by atoms with Gasteiger partial charge in [0.15, 0.2) is 0 Å². The van der Waals surface area contributed by atoms with Crippen molar-refractivity contribution in [3.8, 4) is 0 Å². The van der Waals surface area contributed by atoms with Gasteiger partial charge < -0.3 is 9.64 Å². The fraction of sp³-hybridized carbons (Fsp3) is 0.455. The largest absolute Gasteiger partial charge is 0.378 e. The number of rotatable bonds is 2. The first-order chi connectivity index (χ1) is 8.09. The molecule has 0 amide bonds. The lowest BCUT2D eigenvalue weighted by atomic mass is 10.1. The van der Waals surface area contributed by atoms with Gasteiger partial charge in [0.05, 0.1) is 23.8 Å². The third kappa shape index (κ3) is 2.58. The molecule has 0 aromatic heterocycles. The van der Waals surface area contributed by atoms with Crippen LogP contribution in [-0.2, 0) is 4.74 Å². The van der Waals surface area contributed by atoms with E-state index in [-0.39, 0.29) is 10.6 Å². The minimum atomic E-state index is -0.374. The first kappa shape index (κ1) is 12.3. The standard InChI is InChI=1S/C11H13BrN2O3/c1-8-6-9(14(15)16)7-10(12)11(8)13-2-4-17-5-3-13/h6-7H,2-5H2,1H3. The molecule has 2 rings (SSSR count). The number of hydrogen-bond donors (Lipinski definition) is 0. The summed E-state index contributed by atoms with van der Waals surface area (Å²) in [5.41, 5.74) is 2.05. The molecule has 0 atom stereocenters. The number of morpholine rings is 1. The van der Waals surface area contributed by atoms with Crippen LogP contribution >= 0.6 is 15.9 Å². The summed E-state index contributed by atoms with van der Waals surface area (Å²) in [6.45, 7) is 4.92. The molecule has 0 unspecified atom stereocenters. The summed E-state index contributed by atoms with van der Waals surface area (Å²) in [5, 5.41) is 10.7. The van der Waals surface area contributed by atoms with Crippen LogP contribution in [0, 0.1) is 17.0 Å². The van der Waals surface area contributed by atoms with Gasteiger partial charge in [-0.3, -0.25) is 10.1 Å². The van der Waals surface area contributed by atoms with Gasteiger partial charge in [-0.25, -0.2) is 0 Å². The maximum atomic E-state index is 10.7. The molecule has 6 heteroatoms. The van der Waals surface area contributed by atoms with Crippen LogP contribution in [0.3, 0.4) is 0 Å². The van der Waals surface area contributed by atoms with Crippen molar-refractivity contribution in [1.82, 2.24) is 0 Å². The highest BCUT2D eigenvalue weighted by Gasteiger charge is 2.19. The zero-order valence-electron chi connectivity index (χ0n) is 9.48. The summed E-state index contributed by atoms with van der Waals surface area (Å²) in [4.78, 5) is 12.6. The lowest BCUT2D eigenvalue weighted by Crippen LogP contribution is -2.36. The van der Waals surface area contributed by atoms with Crippen LogP contribution in [0.4, 0.5) is 11.4 Å². The van der Waals surface area contributed by atoms with Crippen molar-refractivity contribution in [2.45, 2.75) is 6.92 Å². The molecule has 1 fully saturated rings. The highest BCUT2D eigenvalue weighted by atomic mass is 79.9. The van der Waals surface area contributed by atoms with Gasteiger partial charge in [-0.15, -0.1) is 0 Å².